The lowest BCUT2D eigenvalue weighted by molar-refractivity contribution is -0.138. The lowest BCUT2D eigenvalue weighted by atomic mass is 9.92. The van der Waals surface area contributed by atoms with E-state index in [1.165, 1.54) is 23.0 Å². The van der Waals surface area contributed by atoms with Crippen LogP contribution in [0, 0.1) is 0 Å². The van der Waals surface area contributed by atoms with E-state index in [1.807, 2.05) is 48.5 Å². The maximum absolute atomic E-state index is 14.3. The first-order chi connectivity index (χ1) is 20.9. The summed E-state index contributed by atoms with van der Waals surface area (Å²) in [7, 11) is 3.09. The summed E-state index contributed by atoms with van der Waals surface area (Å²) in [6.07, 6.45) is 3.43. The SMILES string of the molecule is C=CCOc1ccc(Br)cc1/C=c1\sc2n(c1=O)[C@H](c1ccc(OC)cc1OC)C(C(=O)OCC)=C(c1ccccc1)N=2. The number of hydrogen-bond donors (Lipinski definition) is 0. The maximum atomic E-state index is 14.3. The van der Waals surface area contributed by atoms with Crippen LogP contribution in [0.5, 0.6) is 17.2 Å². The van der Waals surface area contributed by atoms with Crippen LogP contribution in [-0.2, 0) is 9.53 Å². The Bertz CT molecular complexity index is 1890. The molecule has 1 atom stereocenters. The summed E-state index contributed by atoms with van der Waals surface area (Å²) in [5, 5.41) is 0. The fraction of sp³-hybridized carbons (Fsp3) is 0.182. The summed E-state index contributed by atoms with van der Waals surface area (Å²) >= 11 is 4.74. The molecule has 0 spiro atoms. The van der Waals surface area contributed by atoms with Crippen molar-refractivity contribution in [2.24, 2.45) is 4.99 Å². The van der Waals surface area contributed by atoms with Gasteiger partial charge in [0.2, 0.25) is 0 Å². The van der Waals surface area contributed by atoms with Crippen molar-refractivity contribution in [3.8, 4) is 17.2 Å². The van der Waals surface area contributed by atoms with Gasteiger partial charge in [0.05, 0.1) is 36.6 Å². The molecule has 0 aliphatic carbocycles. The maximum Gasteiger partial charge on any atom is 0.338 e. The molecule has 0 N–H and O–H groups in total. The van der Waals surface area contributed by atoms with Crippen molar-refractivity contribution in [3.63, 3.8) is 0 Å². The number of esters is 1. The number of carbonyl (C=O) groups is 1. The van der Waals surface area contributed by atoms with Crippen molar-refractivity contribution in [2.75, 3.05) is 27.4 Å². The molecule has 0 radical (unpaired) electrons. The minimum Gasteiger partial charge on any atom is -0.497 e. The number of thiazole rings is 1. The zero-order valence-electron chi connectivity index (χ0n) is 23.8. The van der Waals surface area contributed by atoms with Gasteiger partial charge in [0.25, 0.3) is 5.56 Å². The van der Waals surface area contributed by atoms with E-state index in [-0.39, 0.29) is 17.7 Å². The number of aromatic nitrogens is 1. The highest BCUT2D eigenvalue weighted by Gasteiger charge is 2.36. The summed E-state index contributed by atoms with van der Waals surface area (Å²) in [5.74, 6) is 1.04. The van der Waals surface area contributed by atoms with Crippen LogP contribution in [-0.4, -0.2) is 38.0 Å². The second-order valence-corrected chi connectivity index (χ2v) is 11.2. The van der Waals surface area contributed by atoms with Gasteiger partial charge in [-0.3, -0.25) is 9.36 Å². The van der Waals surface area contributed by atoms with Crippen LogP contribution in [0.2, 0.25) is 0 Å². The molecule has 8 nitrogen and oxygen atoms in total. The van der Waals surface area contributed by atoms with Crippen molar-refractivity contribution < 1.29 is 23.7 Å². The Balaban J connectivity index is 1.85. The van der Waals surface area contributed by atoms with Crippen molar-refractivity contribution in [1.29, 1.82) is 0 Å². The van der Waals surface area contributed by atoms with Crippen LogP contribution < -0.4 is 29.1 Å². The van der Waals surface area contributed by atoms with Crippen LogP contribution in [0.1, 0.15) is 29.7 Å². The number of nitrogens with zero attached hydrogens (tertiary/aromatic N) is 2. The highest BCUT2D eigenvalue weighted by atomic mass is 79.9. The minimum atomic E-state index is -0.896. The number of ether oxygens (including phenoxy) is 4. The summed E-state index contributed by atoms with van der Waals surface area (Å²) < 4.78 is 25.4. The van der Waals surface area contributed by atoms with Gasteiger partial charge in [0.1, 0.15) is 29.9 Å². The molecule has 0 saturated heterocycles. The number of rotatable bonds is 10. The number of fused-ring (bicyclic) bond motifs is 1. The first kappa shape index (κ1) is 30.1. The predicted octanol–water partition coefficient (Wildman–Crippen LogP) is 5.28. The monoisotopic (exact) mass is 660 g/mol. The molecule has 43 heavy (non-hydrogen) atoms. The van der Waals surface area contributed by atoms with E-state index in [1.54, 1.807) is 44.4 Å². The molecule has 2 heterocycles. The highest BCUT2D eigenvalue weighted by Crippen LogP contribution is 2.40. The van der Waals surface area contributed by atoms with Crippen LogP contribution in [0.15, 0.2) is 99.2 Å². The van der Waals surface area contributed by atoms with Gasteiger partial charge in [0.15, 0.2) is 4.80 Å². The van der Waals surface area contributed by atoms with Crippen molar-refractivity contribution in [2.45, 2.75) is 13.0 Å². The first-order valence-corrected chi connectivity index (χ1v) is 15.0. The Morgan fingerprint density at radius 2 is 1.86 bits per heavy atom. The fourth-order valence-corrected chi connectivity index (χ4v) is 6.20. The Labute approximate surface area is 261 Å². The molecular formula is C33H29BrN2O6S. The van der Waals surface area contributed by atoms with Crippen LogP contribution >= 0.6 is 27.3 Å². The van der Waals surface area contributed by atoms with Crippen LogP contribution in [0.25, 0.3) is 11.8 Å². The normalized spacial score (nSPS) is 14.5. The molecule has 0 unspecified atom stereocenters. The lowest BCUT2D eigenvalue weighted by Gasteiger charge is -2.27. The largest absolute Gasteiger partial charge is 0.497 e. The summed E-state index contributed by atoms with van der Waals surface area (Å²) in [4.78, 5) is 33.3. The molecule has 220 valence electrons. The average molecular weight is 662 g/mol. The summed E-state index contributed by atoms with van der Waals surface area (Å²) in [6.45, 7) is 5.92. The van der Waals surface area contributed by atoms with Crippen LogP contribution in [0.3, 0.4) is 0 Å². The van der Waals surface area contributed by atoms with Crippen molar-refractivity contribution in [1.82, 2.24) is 4.57 Å². The number of halogens is 1. The topological polar surface area (TPSA) is 88.3 Å². The smallest absolute Gasteiger partial charge is 0.338 e. The quantitative estimate of drug-likeness (QED) is 0.170. The fourth-order valence-electron chi connectivity index (χ4n) is 4.83. The van der Waals surface area contributed by atoms with Crippen LogP contribution in [0.4, 0.5) is 0 Å². The van der Waals surface area contributed by atoms with E-state index in [9.17, 15) is 9.59 Å². The summed E-state index contributed by atoms with van der Waals surface area (Å²) in [6, 6.07) is 19.3. The number of methoxy groups -OCH3 is 2. The zero-order chi connectivity index (χ0) is 30.5. The zero-order valence-corrected chi connectivity index (χ0v) is 26.2. The molecule has 0 fully saturated rings. The molecule has 1 aliphatic rings. The van der Waals surface area contributed by atoms with E-state index in [0.717, 1.165) is 4.47 Å². The molecule has 4 aromatic rings. The standard InChI is InChI=1S/C33H29BrN2O6S/c1-5-16-42-25-15-12-22(34)17-21(25)18-27-31(37)36-30(24-14-13-23(39-3)19-26(24)40-4)28(32(38)41-6-2)29(35-33(36)43-27)20-10-8-7-9-11-20/h5,7-15,17-19,30H,1,6,16H2,2-4H3/b27-18-/t30-/m1/s1. The van der Waals surface area contributed by atoms with Gasteiger partial charge >= 0.3 is 5.97 Å². The molecule has 5 rings (SSSR count). The summed E-state index contributed by atoms with van der Waals surface area (Å²) in [5.41, 5.74) is 2.33. The third-order valence-electron chi connectivity index (χ3n) is 6.72. The van der Waals surface area contributed by atoms with Gasteiger partial charge in [-0.25, -0.2) is 9.79 Å². The van der Waals surface area contributed by atoms with Crippen molar-refractivity contribution in [3.05, 3.63) is 126 Å². The van der Waals surface area contributed by atoms with E-state index < -0.39 is 12.0 Å². The Hall–Kier alpha value is -4.41. The van der Waals surface area contributed by atoms with E-state index in [4.69, 9.17) is 23.9 Å². The third-order valence-corrected chi connectivity index (χ3v) is 8.20. The first-order valence-electron chi connectivity index (χ1n) is 13.4. The van der Waals surface area contributed by atoms with Gasteiger partial charge in [-0.15, -0.1) is 0 Å². The second-order valence-electron chi connectivity index (χ2n) is 9.32. The number of benzene rings is 3. The molecule has 0 bridgehead atoms. The highest BCUT2D eigenvalue weighted by molar-refractivity contribution is 9.10. The number of hydrogen-bond acceptors (Lipinski definition) is 8. The van der Waals surface area contributed by atoms with Gasteiger partial charge in [-0.05, 0) is 43.3 Å². The van der Waals surface area contributed by atoms with E-state index in [2.05, 4.69) is 22.5 Å². The van der Waals surface area contributed by atoms with E-state index >= 15 is 0 Å². The third kappa shape index (κ3) is 6.07. The molecule has 1 aromatic heterocycles. The second kappa shape index (κ2) is 13.3. The molecule has 0 amide bonds. The average Bonchev–Trinajstić information content (AvgIpc) is 3.34. The molecule has 0 saturated carbocycles. The number of carbonyl (C=O) groups excluding carboxylic acids is 1. The Morgan fingerprint density at radius 1 is 1.07 bits per heavy atom. The lowest BCUT2D eigenvalue weighted by Crippen LogP contribution is -2.40. The molecule has 1 aliphatic heterocycles. The minimum absolute atomic E-state index is 0.150. The Kier molecular flexibility index (Phi) is 9.27. The van der Waals surface area contributed by atoms with Crippen molar-refractivity contribution >= 4 is 45.0 Å². The van der Waals surface area contributed by atoms with Gasteiger partial charge in [-0.2, -0.15) is 0 Å². The molecule has 10 heteroatoms. The Morgan fingerprint density at radius 3 is 2.56 bits per heavy atom. The van der Waals surface area contributed by atoms with Gasteiger partial charge in [-0.1, -0.05) is 70.3 Å². The van der Waals surface area contributed by atoms with E-state index in [0.29, 0.717) is 55.6 Å². The molecule has 3 aromatic carbocycles. The van der Waals surface area contributed by atoms with Gasteiger partial charge in [0, 0.05) is 27.2 Å². The van der Waals surface area contributed by atoms with Gasteiger partial charge < -0.3 is 18.9 Å². The predicted molar refractivity (Wildman–Crippen MR) is 170 cm³/mol. The molecular weight excluding hydrogens is 632 g/mol.